The van der Waals surface area contributed by atoms with E-state index in [0.29, 0.717) is 13.1 Å². The van der Waals surface area contributed by atoms with Crippen molar-refractivity contribution in [1.82, 2.24) is 5.32 Å². The van der Waals surface area contributed by atoms with Gasteiger partial charge in [-0.3, -0.25) is 0 Å². The van der Waals surface area contributed by atoms with Gasteiger partial charge in [0.25, 0.3) is 0 Å². The van der Waals surface area contributed by atoms with Crippen molar-refractivity contribution in [3.05, 3.63) is 11.6 Å². The van der Waals surface area contributed by atoms with Crippen LogP contribution >= 0.6 is 0 Å². The van der Waals surface area contributed by atoms with Crippen LogP contribution in [-0.4, -0.2) is 35.2 Å². The second-order valence-corrected chi connectivity index (χ2v) is 6.26. The van der Waals surface area contributed by atoms with Crippen LogP contribution in [-0.2, 0) is 9.59 Å². The van der Waals surface area contributed by atoms with E-state index in [1.807, 2.05) is 27.7 Å². The molecule has 5 heteroatoms. The summed E-state index contributed by atoms with van der Waals surface area (Å²) in [5, 5.41) is 21.4. The fourth-order valence-electron chi connectivity index (χ4n) is 3.21. The van der Waals surface area contributed by atoms with E-state index in [1.54, 1.807) is 0 Å². The smallest absolute Gasteiger partial charge is 0.332 e. The highest BCUT2D eigenvalue weighted by Gasteiger charge is 2.47. The molecule has 1 heterocycles. The highest BCUT2D eigenvalue weighted by molar-refractivity contribution is 5.95. The number of piperidine rings is 1. The number of carboxylic acid groups (broad SMARTS) is 2. The van der Waals surface area contributed by atoms with Gasteiger partial charge in [-0.1, -0.05) is 27.7 Å². The van der Waals surface area contributed by atoms with Crippen molar-refractivity contribution in [3.8, 4) is 0 Å². The molecule has 0 radical (unpaired) electrons. The first kappa shape index (κ1) is 14.7. The van der Waals surface area contributed by atoms with E-state index < -0.39 is 11.9 Å². The molecule has 0 aromatic heterocycles. The number of rotatable bonds is 3. The van der Waals surface area contributed by atoms with E-state index in [4.69, 9.17) is 5.11 Å². The highest BCUT2D eigenvalue weighted by Crippen LogP contribution is 2.46. The Hall–Kier alpha value is -1.36. The molecule has 0 atom stereocenters. The molecule has 0 unspecified atom stereocenters. The van der Waals surface area contributed by atoms with Crippen molar-refractivity contribution in [2.24, 2.45) is 16.7 Å². The van der Waals surface area contributed by atoms with E-state index in [1.165, 1.54) is 0 Å². The molecule has 1 rings (SSSR count). The number of hydrogen-bond donors (Lipinski definition) is 3. The van der Waals surface area contributed by atoms with Crippen molar-refractivity contribution in [3.63, 3.8) is 0 Å². The van der Waals surface area contributed by atoms with Crippen LogP contribution in [0, 0.1) is 16.7 Å². The standard InChI is InChI=1S/C13H21NO4/c1-12(2)6-14-7-13(3,4)10(12)8(11(17)18)5-9(15)16/h5,10,14H,6-7H2,1-4H3,(H,15,16)(H,17,18). The number of carbonyl (C=O) groups is 2. The Bertz CT molecular complexity index is 380. The molecule has 1 aliphatic heterocycles. The van der Waals surface area contributed by atoms with Crippen LogP contribution in [0.5, 0.6) is 0 Å². The highest BCUT2D eigenvalue weighted by atomic mass is 16.4. The minimum Gasteiger partial charge on any atom is -0.478 e. The molecule has 0 bridgehead atoms. The van der Waals surface area contributed by atoms with Crippen molar-refractivity contribution < 1.29 is 19.8 Å². The zero-order valence-corrected chi connectivity index (χ0v) is 11.3. The first-order valence-corrected chi connectivity index (χ1v) is 5.96. The first-order chi connectivity index (χ1) is 8.08. The van der Waals surface area contributed by atoms with Gasteiger partial charge in [-0.15, -0.1) is 0 Å². The van der Waals surface area contributed by atoms with Crippen LogP contribution in [0.25, 0.3) is 0 Å². The Balaban J connectivity index is 3.29. The van der Waals surface area contributed by atoms with E-state index >= 15 is 0 Å². The molecule has 1 aliphatic rings. The Morgan fingerprint density at radius 1 is 1.11 bits per heavy atom. The van der Waals surface area contributed by atoms with Crippen molar-refractivity contribution in [2.75, 3.05) is 13.1 Å². The van der Waals surface area contributed by atoms with E-state index in [9.17, 15) is 14.7 Å². The summed E-state index contributed by atoms with van der Waals surface area (Å²) in [6.45, 7) is 9.19. The average molecular weight is 255 g/mol. The third kappa shape index (κ3) is 2.90. The van der Waals surface area contributed by atoms with Gasteiger partial charge in [0.15, 0.2) is 0 Å². The summed E-state index contributed by atoms with van der Waals surface area (Å²) in [5.41, 5.74) is -0.623. The second kappa shape index (κ2) is 4.72. The predicted molar refractivity (Wildman–Crippen MR) is 67.3 cm³/mol. The number of carboxylic acids is 2. The molecule has 0 spiro atoms. The zero-order valence-electron chi connectivity index (χ0n) is 11.3. The molecule has 0 amide bonds. The first-order valence-electron chi connectivity index (χ1n) is 5.96. The zero-order chi connectivity index (χ0) is 14.1. The lowest BCUT2D eigenvalue weighted by Gasteiger charge is -2.49. The van der Waals surface area contributed by atoms with Gasteiger partial charge in [0.2, 0.25) is 0 Å². The number of hydrogen-bond acceptors (Lipinski definition) is 3. The molecular formula is C13H21NO4. The van der Waals surface area contributed by atoms with Gasteiger partial charge in [0.1, 0.15) is 0 Å². The maximum atomic E-state index is 11.4. The number of nitrogens with one attached hydrogen (secondary N) is 1. The normalized spacial score (nSPS) is 23.7. The summed E-state index contributed by atoms with van der Waals surface area (Å²) in [7, 11) is 0. The van der Waals surface area contributed by atoms with E-state index in [2.05, 4.69) is 5.32 Å². The van der Waals surface area contributed by atoms with E-state index in [0.717, 1.165) is 6.08 Å². The quantitative estimate of drug-likeness (QED) is 0.663. The molecule has 1 fully saturated rings. The molecule has 1 saturated heterocycles. The molecule has 0 aromatic rings. The molecule has 18 heavy (non-hydrogen) atoms. The predicted octanol–water partition coefficient (Wildman–Crippen LogP) is 1.35. The van der Waals surface area contributed by atoms with Crippen LogP contribution in [0.1, 0.15) is 27.7 Å². The number of aliphatic carboxylic acids is 2. The molecular weight excluding hydrogens is 234 g/mol. The molecule has 0 saturated carbocycles. The van der Waals surface area contributed by atoms with Gasteiger partial charge in [0.05, 0.1) is 0 Å². The van der Waals surface area contributed by atoms with Gasteiger partial charge in [0, 0.05) is 30.7 Å². The minimum absolute atomic E-state index is 0.0148. The molecule has 3 N–H and O–H groups in total. The molecule has 0 aliphatic carbocycles. The Kier molecular flexibility index (Phi) is 3.86. The Labute approximate surface area is 107 Å². The second-order valence-electron chi connectivity index (χ2n) is 6.26. The van der Waals surface area contributed by atoms with Gasteiger partial charge >= 0.3 is 11.9 Å². The monoisotopic (exact) mass is 255 g/mol. The molecule has 5 nitrogen and oxygen atoms in total. The summed E-state index contributed by atoms with van der Waals surface area (Å²) in [4.78, 5) is 22.2. The third-order valence-electron chi connectivity index (χ3n) is 3.56. The topological polar surface area (TPSA) is 86.6 Å². The average Bonchev–Trinajstić information content (AvgIpc) is 2.12. The SMILES string of the molecule is CC1(C)CNCC(C)(C)C1C(=CC(=O)O)C(=O)O. The van der Waals surface area contributed by atoms with Crippen molar-refractivity contribution >= 4 is 11.9 Å². The lowest BCUT2D eigenvalue weighted by atomic mass is 9.59. The van der Waals surface area contributed by atoms with E-state index in [-0.39, 0.29) is 22.3 Å². The lowest BCUT2D eigenvalue weighted by Crippen LogP contribution is -2.54. The summed E-state index contributed by atoms with van der Waals surface area (Å²) in [5.74, 6) is -2.66. The summed E-state index contributed by atoms with van der Waals surface area (Å²) in [6.07, 6.45) is 0.835. The largest absolute Gasteiger partial charge is 0.478 e. The summed E-state index contributed by atoms with van der Waals surface area (Å²) in [6, 6.07) is 0. The van der Waals surface area contributed by atoms with Crippen LogP contribution < -0.4 is 5.32 Å². The fourth-order valence-corrected chi connectivity index (χ4v) is 3.21. The van der Waals surface area contributed by atoms with Gasteiger partial charge in [-0.05, 0) is 10.8 Å². The Morgan fingerprint density at radius 2 is 1.56 bits per heavy atom. The van der Waals surface area contributed by atoms with Crippen molar-refractivity contribution in [2.45, 2.75) is 27.7 Å². The van der Waals surface area contributed by atoms with Gasteiger partial charge in [-0.25, -0.2) is 9.59 Å². The fraction of sp³-hybridized carbons (Fsp3) is 0.692. The minimum atomic E-state index is -1.21. The van der Waals surface area contributed by atoms with Crippen molar-refractivity contribution in [1.29, 1.82) is 0 Å². The summed E-state index contributed by atoms with van der Waals surface area (Å²) >= 11 is 0. The van der Waals surface area contributed by atoms with Crippen LogP contribution in [0.3, 0.4) is 0 Å². The third-order valence-corrected chi connectivity index (χ3v) is 3.56. The lowest BCUT2D eigenvalue weighted by molar-refractivity contribution is -0.137. The Morgan fingerprint density at radius 3 is 1.89 bits per heavy atom. The maximum absolute atomic E-state index is 11.4. The van der Waals surface area contributed by atoms with Crippen LogP contribution in [0.2, 0.25) is 0 Å². The molecule has 0 aromatic carbocycles. The maximum Gasteiger partial charge on any atom is 0.332 e. The summed E-state index contributed by atoms with van der Waals surface area (Å²) < 4.78 is 0. The van der Waals surface area contributed by atoms with Crippen LogP contribution in [0.4, 0.5) is 0 Å². The van der Waals surface area contributed by atoms with Gasteiger partial charge in [-0.2, -0.15) is 0 Å². The molecule has 102 valence electrons. The van der Waals surface area contributed by atoms with Crippen LogP contribution in [0.15, 0.2) is 11.6 Å². The van der Waals surface area contributed by atoms with Gasteiger partial charge < -0.3 is 15.5 Å².